The van der Waals surface area contributed by atoms with E-state index in [0.717, 1.165) is 25.2 Å². The summed E-state index contributed by atoms with van der Waals surface area (Å²) in [6, 6.07) is 16.8. The summed E-state index contributed by atoms with van der Waals surface area (Å²) >= 11 is 0. The lowest BCUT2D eigenvalue weighted by atomic mass is 9.99. The Morgan fingerprint density at radius 3 is 2.78 bits per heavy atom. The van der Waals surface area contributed by atoms with E-state index in [1.54, 1.807) is 7.11 Å². The number of fused-ring (bicyclic) bond motifs is 1. The molecule has 1 heterocycles. The first-order valence-corrected chi connectivity index (χ1v) is 7.92. The molecule has 1 N–H and O–H groups in total. The highest BCUT2D eigenvalue weighted by Gasteiger charge is 2.20. The van der Waals surface area contributed by atoms with E-state index in [1.165, 1.54) is 16.7 Å². The molecule has 0 radical (unpaired) electrons. The zero-order chi connectivity index (χ0) is 16.1. The van der Waals surface area contributed by atoms with Crippen molar-refractivity contribution in [3.63, 3.8) is 0 Å². The lowest BCUT2D eigenvalue weighted by Crippen LogP contribution is -2.38. The first kappa shape index (κ1) is 15.6. The molecular formula is C19H22N2O2. The Morgan fingerprint density at radius 2 is 2.00 bits per heavy atom. The van der Waals surface area contributed by atoms with Crippen LogP contribution in [0, 0.1) is 0 Å². The van der Waals surface area contributed by atoms with E-state index < -0.39 is 0 Å². The summed E-state index contributed by atoms with van der Waals surface area (Å²) in [5, 5.41) is 3.46. The van der Waals surface area contributed by atoms with Gasteiger partial charge in [-0.3, -0.25) is 4.79 Å². The first-order chi connectivity index (χ1) is 11.3. The van der Waals surface area contributed by atoms with Gasteiger partial charge in [0.25, 0.3) is 0 Å². The Morgan fingerprint density at radius 1 is 1.17 bits per heavy atom. The minimum atomic E-state index is 0.0597. The number of carbonyl (C=O) groups excluding carboxylic acids is 1. The zero-order valence-electron chi connectivity index (χ0n) is 13.4. The van der Waals surface area contributed by atoms with Crippen LogP contribution in [0.25, 0.3) is 0 Å². The normalized spacial score (nSPS) is 13.5. The molecule has 1 amide bonds. The van der Waals surface area contributed by atoms with Gasteiger partial charge in [-0.1, -0.05) is 36.4 Å². The van der Waals surface area contributed by atoms with E-state index in [0.29, 0.717) is 6.54 Å². The number of ether oxygens (including phenoxy) is 1. The number of hydrogen-bond donors (Lipinski definition) is 1. The highest BCUT2D eigenvalue weighted by molar-refractivity contribution is 5.77. The van der Waals surface area contributed by atoms with E-state index >= 15 is 0 Å². The maximum Gasteiger partial charge on any atom is 0.248 e. The molecule has 0 aromatic heterocycles. The van der Waals surface area contributed by atoms with Gasteiger partial charge in [0.05, 0.1) is 0 Å². The summed E-state index contributed by atoms with van der Waals surface area (Å²) < 4.78 is 4.94. The van der Waals surface area contributed by atoms with Crippen LogP contribution in [0.15, 0.2) is 48.5 Å². The van der Waals surface area contributed by atoms with Crippen LogP contribution >= 0.6 is 0 Å². The largest absolute Gasteiger partial charge is 0.381 e. The fourth-order valence-electron chi connectivity index (χ4n) is 2.89. The second-order valence-electron chi connectivity index (χ2n) is 5.82. The highest BCUT2D eigenvalue weighted by atomic mass is 16.5. The van der Waals surface area contributed by atoms with Crippen LogP contribution in [0.4, 0.5) is 5.69 Å². The predicted octanol–water partition coefficient (Wildman–Crippen LogP) is 2.83. The summed E-state index contributed by atoms with van der Waals surface area (Å²) in [4.78, 5) is 13.8. The van der Waals surface area contributed by atoms with E-state index in [1.807, 2.05) is 11.0 Å². The zero-order valence-corrected chi connectivity index (χ0v) is 13.4. The molecule has 2 aromatic rings. The van der Waals surface area contributed by atoms with Crippen molar-refractivity contribution in [3.05, 3.63) is 65.2 Å². The Labute approximate surface area is 137 Å². The molecule has 2 aromatic carbocycles. The van der Waals surface area contributed by atoms with Gasteiger partial charge in [0.15, 0.2) is 0 Å². The number of rotatable bonds is 5. The molecule has 0 bridgehead atoms. The van der Waals surface area contributed by atoms with Crippen molar-refractivity contribution in [2.24, 2.45) is 0 Å². The van der Waals surface area contributed by atoms with Gasteiger partial charge in [0.2, 0.25) is 5.91 Å². The number of methoxy groups -OCH3 is 1. The third-order valence-corrected chi connectivity index (χ3v) is 4.18. The van der Waals surface area contributed by atoms with Crippen LogP contribution in [0.3, 0.4) is 0 Å². The van der Waals surface area contributed by atoms with Crippen molar-refractivity contribution in [2.45, 2.75) is 19.5 Å². The quantitative estimate of drug-likeness (QED) is 0.923. The van der Waals surface area contributed by atoms with Crippen molar-refractivity contribution in [1.29, 1.82) is 0 Å². The van der Waals surface area contributed by atoms with Crippen molar-refractivity contribution in [1.82, 2.24) is 4.90 Å². The maximum absolute atomic E-state index is 11.9. The lowest BCUT2D eigenvalue weighted by Gasteiger charge is -2.29. The number of amides is 1. The van der Waals surface area contributed by atoms with Gasteiger partial charge in [-0.2, -0.15) is 0 Å². The number of benzene rings is 2. The number of nitrogens with zero attached hydrogens (tertiary/aromatic N) is 1. The number of hydrogen-bond acceptors (Lipinski definition) is 3. The topological polar surface area (TPSA) is 41.6 Å². The van der Waals surface area contributed by atoms with Crippen molar-refractivity contribution < 1.29 is 9.53 Å². The van der Waals surface area contributed by atoms with Crippen molar-refractivity contribution >= 4 is 11.6 Å². The van der Waals surface area contributed by atoms with Gasteiger partial charge in [0.1, 0.15) is 6.61 Å². The summed E-state index contributed by atoms with van der Waals surface area (Å²) in [5.41, 5.74) is 4.95. The molecular weight excluding hydrogens is 288 g/mol. The van der Waals surface area contributed by atoms with Crippen LogP contribution in [-0.4, -0.2) is 31.1 Å². The smallest absolute Gasteiger partial charge is 0.248 e. The van der Waals surface area contributed by atoms with Crippen LogP contribution in [-0.2, 0) is 29.0 Å². The third kappa shape index (κ3) is 3.90. The fourth-order valence-corrected chi connectivity index (χ4v) is 2.89. The Kier molecular flexibility index (Phi) is 4.93. The molecule has 0 fully saturated rings. The Bertz CT molecular complexity index is 670. The standard InChI is InChI=1S/C19H22N2O2/c1-23-14-19(22)21-10-9-16-11-18(8-7-17(16)13-21)20-12-15-5-3-2-4-6-15/h2-8,11,20H,9-10,12-14H2,1H3. The molecule has 0 saturated heterocycles. The summed E-state index contributed by atoms with van der Waals surface area (Å²) in [7, 11) is 1.56. The van der Waals surface area contributed by atoms with Gasteiger partial charge in [-0.15, -0.1) is 0 Å². The van der Waals surface area contributed by atoms with Crippen LogP contribution < -0.4 is 5.32 Å². The van der Waals surface area contributed by atoms with Gasteiger partial charge >= 0.3 is 0 Å². The molecule has 0 aliphatic carbocycles. The predicted molar refractivity (Wildman–Crippen MR) is 91.2 cm³/mol. The molecule has 0 saturated carbocycles. The van der Waals surface area contributed by atoms with Gasteiger partial charge in [-0.05, 0) is 35.2 Å². The Hall–Kier alpha value is -2.33. The molecule has 0 spiro atoms. The SMILES string of the molecule is COCC(=O)N1CCc2cc(NCc3ccccc3)ccc2C1. The van der Waals surface area contributed by atoms with E-state index in [4.69, 9.17) is 4.74 Å². The lowest BCUT2D eigenvalue weighted by molar-refractivity contribution is -0.136. The monoisotopic (exact) mass is 310 g/mol. The average Bonchev–Trinajstić information content (AvgIpc) is 2.60. The molecule has 0 unspecified atom stereocenters. The van der Waals surface area contributed by atoms with Gasteiger partial charge in [0, 0.05) is 32.4 Å². The second kappa shape index (κ2) is 7.29. The molecule has 1 aliphatic rings. The summed E-state index contributed by atoms with van der Waals surface area (Å²) in [6.07, 6.45) is 0.894. The molecule has 23 heavy (non-hydrogen) atoms. The van der Waals surface area contributed by atoms with E-state index in [-0.39, 0.29) is 12.5 Å². The number of carbonyl (C=O) groups is 1. The number of anilines is 1. The molecule has 0 atom stereocenters. The van der Waals surface area contributed by atoms with Crippen LogP contribution in [0.5, 0.6) is 0 Å². The van der Waals surface area contributed by atoms with Gasteiger partial charge < -0.3 is 15.0 Å². The maximum atomic E-state index is 11.9. The third-order valence-electron chi connectivity index (χ3n) is 4.18. The average molecular weight is 310 g/mol. The molecule has 4 nitrogen and oxygen atoms in total. The first-order valence-electron chi connectivity index (χ1n) is 7.92. The molecule has 120 valence electrons. The van der Waals surface area contributed by atoms with E-state index in [9.17, 15) is 4.79 Å². The molecule has 1 aliphatic heterocycles. The van der Waals surface area contributed by atoms with Crippen molar-refractivity contribution in [3.8, 4) is 0 Å². The second-order valence-corrected chi connectivity index (χ2v) is 5.82. The van der Waals surface area contributed by atoms with Crippen LogP contribution in [0.2, 0.25) is 0 Å². The summed E-state index contributed by atoms with van der Waals surface area (Å²) in [6.45, 7) is 2.41. The van der Waals surface area contributed by atoms with Crippen molar-refractivity contribution in [2.75, 3.05) is 25.6 Å². The van der Waals surface area contributed by atoms with E-state index in [2.05, 4.69) is 47.8 Å². The van der Waals surface area contributed by atoms with Crippen LogP contribution in [0.1, 0.15) is 16.7 Å². The minimum Gasteiger partial charge on any atom is -0.381 e. The molecule has 3 rings (SSSR count). The fraction of sp³-hybridized carbons (Fsp3) is 0.316. The highest BCUT2D eigenvalue weighted by Crippen LogP contribution is 2.23. The van der Waals surface area contributed by atoms with Gasteiger partial charge in [-0.25, -0.2) is 0 Å². The Balaban J connectivity index is 1.63. The summed E-state index contributed by atoms with van der Waals surface area (Å²) in [5.74, 6) is 0.0597. The number of nitrogens with one attached hydrogen (secondary N) is 1. The molecule has 4 heteroatoms. The minimum absolute atomic E-state index is 0.0597.